The van der Waals surface area contributed by atoms with Crippen LogP contribution in [-0.4, -0.2) is 56.2 Å². The number of amides is 1. The van der Waals surface area contributed by atoms with E-state index in [1.54, 1.807) is 49.4 Å². The molecule has 0 unspecified atom stereocenters. The smallest absolute Gasteiger partial charge is 0.350 e. The molecule has 0 aliphatic carbocycles. The van der Waals surface area contributed by atoms with Crippen molar-refractivity contribution in [1.82, 2.24) is 4.98 Å². The highest BCUT2D eigenvalue weighted by atomic mass is 32.1. The van der Waals surface area contributed by atoms with Gasteiger partial charge in [0, 0.05) is 5.56 Å². The molecule has 2 heterocycles. The summed E-state index contributed by atoms with van der Waals surface area (Å²) in [6.07, 6.45) is 0. The summed E-state index contributed by atoms with van der Waals surface area (Å²) in [6, 6.07) is 10.3. The Kier molecular flexibility index (Phi) is 7.16. The number of aliphatic hydroxyl groups is 1. The lowest BCUT2D eigenvalue weighted by Crippen LogP contribution is -2.29. The van der Waals surface area contributed by atoms with Gasteiger partial charge in [-0.1, -0.05) is 29.5 Å². The Morgan fingerprint density at radius 2 is 1.73 bits per heavy atom. The molecule has 37 heavy (non-hydrogen) atoms. The summed E-state index contributed by atoms with van der Waals surface area (Å²) in [5.74, 6) is -1.56. The van der Waals surface area contributed by atoms with E-state index < -0.39 is 23.7 Å². The first-order chi connectivity index (χ1) is 17.7. The number of aryl methyl sites for hydroxylation is 1. The van der Waals surface area contributed by atoms with Gasteiger partial charge in [0.25, 0.3) is 5.78 Å². The van der Waals surface area contributed by atoms with Gasteiger partial charge in [-0.05, 0) is 36.8 Å². The van der Waals surface area contributed by atoms with E-state index in [0.717, 1.165) is 11.3 Å². The first kappa shape index (κ1) is 25.7. The lowest BCUT2D eigenvalue weighted by molar-refractivity contribution is -0.132. The summed E-state index contributed by atoms with van der Waals surface area (Å²) >= 11 is 0.914. The number of anilines is 1. The number of methoxy groups -OCH3 is 4. The summed E-state index contributed by atoms with van der Waals surface area (Å²) in [6.45, 7) is 1.60. The van der Waals surface area contributed by atoms with Crippen molar-refractivity contribution in [2.75, 3.05) is 33.3 Å². The number of nitrogens with zero attached hydrogens (tertiary/aromatic N) is 2. The average Bonchev–Trinajstić information content (AvgIpc) is 3.43. The van der Waals surface area contributed by atoms with Gasteiger partial charge in [0.2, 0.25) is 0 Å². The quantitative estimate of drug-likeness (QED) is 0.212. The highest BCUT2D eigenvalue weighted by Gasteiger charge is 2.48. The number of hydrogen-bond acceptors (Lipinski definition) is 10. The highest BCUT2D eigenvalue weighted by molar-refractivity contribution is 7.17. The zero-order chi connectivity index (χ0) is 26.9. The van der Waals surface area contributed by atoms with Gasteiger partial charge in [0.05, 0.1) is 45.7 Å². The molecule has 11 heteroatoms. The Morgan fingerprint density at radius 1 is 1.00 bits per heavy atom. The second kappa shape index (κ2) is 10.3. The summed E-state index contributed by atoms with van der Waals surface area (Å²) in [5, 5.41) is 11.4. The number of ketones is 1. The molecule has 2 aromatic carbocycles. The van der Waals surface area contributed by atoms with Crippen molar-refractivity contribution in [3.63, 3.8) is 0 Å². The number of carbonyl (C=O) groups excluding carboxylic acids is 3. The predicted octanol–water partition coefficient (Wildman–Crippen LogP) is 3.89. The molecule has 1 aromatic heterocycles. The van der Waals surface area contributed by atoms with Crippen LogP contribution < -0.4 is 19.1 Å². The van der Waals surface area contributed by atoms with E-state index in [1.807, 2.05) is 0 Å². The molecule has 10 nitrogen and oxygen atoms in total. The first-order valence-electron chi connectivity index (χ1n) is 11.0. The zero-order valence-corrected chi connectivity index (χ0v) is 21.5. The van der Waals surface area contributed by atoms with Crippen LogP contribution in [-0.2, 0) is 14.3 Å². The normalized spacial score (nSPS) is 16.6. The van der Waals surface area contributed by atoms with Gasteiger partial charge >= 0.3 is 11.9 Å². The number of hydrogen-bond donors (Lipinski definition) is 1. The van der Waals surface area contributed by atoms with Crippen molar-refractivity contribution >= 4 is 39.9 Å². The number of thiazole rings is 1. The standard InChI is InChI=1S/C26H24N2O8S/c1-13-23(25(32)36-5)37-26(27-13)28-20(14-9-10-17(34-3)18(12-14)35-4)19(22(30)24(28)31)21(29)15-7-6-8-16(11-15)33-2/h6-12,20,29H,1-5H3/b21-19+/t20-/m0/s1. The van der Waals surface area contributed by atoms with Crippen LogP contribution in [0.3, 0.4) is 0 Å². The van der Waals surface area contributed by atoms with Crippen molar-refractivity contribution < 1.29 is 38.4 Å². The summed E-state index contributed by atoms with van der Waals surface area (Å²) < 4.78 is 20.8. The molecule has 0 spiro atoms. The van der Waals surface area contributed by atoms with E-state index >= 15 is 0 Å². The Morgan fingerprint density at radius 3 is 2.38 bits per heavy atom. The topological polar surface area (TPSA) is 124 Å². The third-order valence-corrected chi connectivity index (χ3v) is 7.01. The SMILES string of the molecule is COC(=O)c1sc(N2C(=O)C(=O)/C(=C(/O)c3cccc(OC)c3)[C@@H]2c2ccc(OC)c(OC)c2)nc1C. The number of aliphatic hydroxyl groups excluding tert-OH is 1. The number of carbonyl (C=O) groups is 3. The van der Waals surface area contributed by atoms with Crippen molar-refractivity contribution in [2.45, 2.75) is 13.0 Å². The fraction of sp³-hybridized carbons (Fsp3) is 0.231. The van der Waals surface area contributed by atoms with Gasteiger partial charge in [-0.3, -0.25) is 14.5 Å². The number of rotatable bonds is 7. The van der Waals surface area contributed by atoms with E-state index in [0.29, 0.717) is 28.5 Å². The molecule has 1 atom stereocenters. The van der Waals surface area contributed by atoms with Crippen molar-refractivity contribution in [1.29, 1.82) is 0 Å². The Hall–Kier alpha value is -4.38. The molecular formula is C26H24N2O8S. The van der Waals surface area contributed by atoms with Gasteiger partial charge in [0.15, 0.2) is 16.6 Å². The molecule has 4 rings (SSSR count). The van der Waals surface area contributed by atoms with Crippen LogP contribution in [0.2, 0.25) is 0 Å². The van der Waals surface area contributed by atoms with Crippen LogP contribution in [0.1, 0.15) is 32.5 Å². The van der Waals surface area contributed by atoms with E-state index in [1.165, 1.54) is 33.3 Å². The minimum Gasteiger partial charge on any atom is -0.507 e. The third-order valence-electron chi connectivity index (χ3n) is 5.87. The number of aromatic nitrogens is 1. The van der Waals surface area contributed by atoms with E-state index in [9.17, 15) is 19.5 Å². The van der Waals surface area contributed by atoms with E-state index in [2.05, 4.69) is 4.98 Å². The third kappa shape index (κ3) is 4.49. The number of esters is 1. The lowest BCUT2D eigenvalue weighted by Gasteiger charge is -2.23. The van der Waals surface area contributed by atoms with Crippen molar-refractivity contribution in [3.05, 3.63) is 69.7 Å². The predicted molar refractivity (Wildman–Crippen MR) is 136 cm³/mol. The largest absolute Gasteiger partial charge is 0.507 e. The van der Waals surface area contributed by atoms with Crippen molar-refractivity contribution in [3.8, 4) is 17.2 Å². The maximum absolute atomic E-state index is 13.4. The van der Waals surface area contributed by atoms with Gasteiger partial charge in [-0.2, -0.15) is 0 Å². The highest BCUT2D eigenvalue weighted by Crippen LogP contribution is 2.45. The molecule has 0 saturated carbocycles. The molecule has 1 fully saturated rings. The Bertz CT molecular complexity index is 1430. The van der Waals surface area contributed by atoms with Gasteiger partial charge in [-0.25, -0.2) is 9.78 Å². The fourth-order valence-corrected chi connectivity index (χ4v) is 5.07. The van der Waals surface area contributed by atoms with Crippen LogP contribution in [0.15, 0.2) is 48.0 Å². The summed E-state index contributed by atoms with van der Waals surface area (Å²) in [7, 11) is 5.66. The zero-order valence-electron chi connectivity index (χ0n) is 20.7. The molecule has 1 aliphatic heterocycles. The first-order valence-corrected chi connectivity index (χ1v) is 11.8. The number of Topliss-reactive ketones (excluding diaryl/α,β-unsaturated/α-hetero) is 1. The van der Waals surface area contributed by atoms with Crippen LogP contribution in [0.25, 0.3) is 5.76 Å². The monoisotopic (exact) mass is 524 g/mol. The Labute approximate surface area is 216 Å². The van der Waals surface area contributed by atoms with Gasteiger partial charge in [-0.15, -0.1) is 0 Å². The Balaban J connectivity index is 1.97. The molecule has 0 bridgehead atoms. The molecular weight excluding hydrogens is 500 g/mol. The molecule has 1 saturated heterocycles. The van der Waals surface area contributed by atoms with Crippen LogP contribution in [0.4, 0.5) is 5.13 Å². The maximum Gasteiger partial charge on any atom is 0.350 e. The van der Waals surface area contributed by atoms with Crippen LogP contribution in [0, 0.1) is 6.92 Å². The molecule has 1 amide bonds. The number of benzene rings is 2. The molecule has 1 N–H and O–H groups in total. The fourth-order valence-electron chi connectivity index (χ4n) is 4.06. The molecule has 0 radical (unpaired) electrons. The molecule has 1 aliphatic rings. The van der Waals surface area contributed by atoms with Crippen LogP contribution >= 0.6 is 11.3 Å². The number of ether oxygens (including phenoxy) is 4. The summed E-state index contributed by atoms with van der Waals surface area (Å²) in [4.78, 5) is 44.7. The van der Waals surface area contributed by atoms with Crippen LogP contribution in [0.5, 0.6) is 17.2 Å². The summed E-state index contributed by atoms with van der Waals surface area (Å²) in [5.41, 5.74) is 0.924. The lowest BCUT2D eigenvalue weighted by atomic mass is 9.95. The minimum absolute atomic E-state index is 0.101. The molecule has 3 aromatic rings. The maximum atomic E-state index is 13.4. The van der Waals surface area contributed by atoms with Gasteiger partial charge < -0.3 is 24.1 Å². The van der Waals surface area contributed by atoms with Gasteiger partial charge in [0.1, 0.15) is 16.4 Å². The molecule has 192 valence electrons. The van der Waals surface area contributed by atoms with Crippen molar-refractivity contribution in [2.24, 2.45) is 0 Å². The van der Waals surface area contributed by atoms with E-state index in [-0.39, 0.29) is 26.9 Å². The second-order valence-corrected chi connectivity index (χ2v) is 8.90. The average molecular weight is 525 g/mol. The second-order valence-electron chi connectivity index (χ2n) is 7.92. The van der Waals surface area contributed by atoms with E-state index in [4.69, 9.17) is 18.9 Å². The minimum atomic E-state index is -1.08.